The number of nitrogens with two attached hydrogens (primary N) is 1. The van der Waals surface area contributed by atoms with Gasteiger partial charge in [-0.1, -0.05) is 6.07 Å². The van der Waals surface area contributed by atoms with Gasteiger partial charge in [-0.05, 0) is 12.1 Å². The Morgan fingerprint density at radius 3 is 3.00 bits per heavy atom. The lowest BCUT2D eigenvalue weighted by molar-refractivity contribution is 0.355. The Morgan fingerprint density at radius 2 is 2.27 bits per heavy atom. The quantitative estimate of drug-likeness (QED) is 0.582. The summed E-state index contributed by atoms with van der Waals surface area (Å²) in [5.74, 6) is 0. The number of para-hydroxylation sites is 1. The van der Waals surface area contributed by atoms with Gasteiger partial charge >= 0.3 is 6.14 Å². The molecule has 2 rings (SSSR count). The van der Waals surface area contributed by atoms with E-state index in [9.17, 15) is 4.39 Å². The summed E-state index contributed by atoms with van der Waals surface area (Å²) in [7, 11) is 0. The Balaban J connectivity index is 2.90. The van der Waals surface area contributed by atoms with E-state index < -0.39 is 6.14 Å². The number of aromatic nitrogens is 1. The van der Waals surface area contributed by atoms with Gasteiger partial charge in [-0.2, -0.15) is 4.98 Å². The highest BCUT2D eigenvalue weighted by molar-refractivity contribution is 5.84. The molecule has 0 saturated heterocycles. The molecule has 0 aliphatic carbocycles. The molecule has 0 atom stereocenters. The molecular formula is C7H5FN2O. The van der Waals surface area contributed by atoms with Gasteiger partial charge in [0.05, 0.1) is 5.69 Å². The topological polar surface area (TPSA) is 52.0 Å². The van der Waals surface area contributed by atoms with Gasteiger partial charge in [0.2, 0.25) is 0 Å². The second kappa shape index (κ2) is 1.95. The summed E-state index contributed by atoms with van der Waals surface area (Å²) >= 11 is 0. The van der Waals surface area contributed by atoms with Gasteiger partial charge in [-0.15, -0.1) is 4.39 Å². The van der Waals surface area contributed by atoms with Crippen LogP contribution in [0.2, 0.25) is 0 Å². The van der Waals surface area contributed by atoms with E-state index in [4.69, 9.17) is 5.73 Å². The highest BCUT2D eigenvalue weighted by Crippen LogP contribution is 2.19. The van der Waals surface area contributed by atoms with Crippen LogP contribution < -0.4 is 5.73 Å². The Labute approximate surface area is 61.6 Å². The van der Waals surface area contributed by atoms with Gasteiger partial charge in [0.15, 0.2) is 5.58 Å². The number of fused-ring (bicyclic) bond motifs is 1. The first-order chi connectivity index (χ1) is 5.27. The molecule has 2 aromatic rings. The van der Waals surface area contributed by atoms with Crippen LogP contribution in [0.4, 0.5) is 10.1 Å². The molecule has 1 aromatic carbocycles. The van der Waals surface area contributed by atoms with Crippen molar-refractivity contribution in [3.8, 4) is 0 Å². The average Bonchev–Trinajstić information content (AvgIpc) is 2.31. The fraction of sp³-hybridized carbons (Fsp3) is 0. The van der Waals surface area contributed by atoms with Crippen molar-refractivity contribution in [1.29, 1.82) is 0 Å². The molecule has 11 heavy (non-hydrogen) atoms. The van der Waals surface area contributed by atoms with Crippen molar-refractivity contribution in [2.24, 2.45) is 0 Å². The smallest absolute Gasteiger partial charge is 0.382 e. The van der Waals surface area contributed by atoms with Crippen LogP contribution >= 0.6 is 0 Å². The van der Waals surface area contributed by atoms with E-state index in [1.807, 2.05) is 0 Å². The molecule has 0 saturated carbocycles. The molecule has 0 spiro atoms. The van der Waals surface area contributed by atoms with Gasteiger partial charge in [0.1, 0.15) is 5.52 Å². The number of nitrogens with zero attached hydrogens (tertiary/aromatic N) is 1. The molecule has 0 bridgehead atoms. The van der Waals surface area contributed by atoms with Crippen LogP contribution in [0, 0.1) is 6.14 Å². The van der Waals surface area contributed by atoms with Crippen LogP contribution in [0.3, 0.4) is 0 Å². The van der Waals surface area contributed by atoms with Gasteiger partial charge in [0, 0.05) is 0 Å². The van der Waals surface area contributed by atoms with Crippen LogP contribution in [0.5, 0.6) is 0 Å². The highest BCUT2D eigenvalue weighted by Gasteiger charge is 2.05. The maximum absolute atomic E-state index is 12.4. The predicted octanol–water partition coefficient (Wildman–Crippen LogP) is 1.55. The molecule has 1 heterocycles. The molecule has 2 N–H and O–H groups in total. The lowest BCUT2D eigenvalue weighted by Crippen LogP contribution is -1.84. The maximum atomic E-state index is 12.4. The molecule has 1 aromatic heterocycles. The van der Waals surface area contributed by atoms with E-state index >= 15 is 0 Å². The van der Waals surface area contributed by atoms with Crippen LogP contribution in [-0.4, -0.2) is 4.98 Å². The van der Waals surface area contributed by atoms with Crippen LogP contribution in [-0.2, 0) is 0 Å². The minimum atomic E-state index is -0.849. The van der Waals surface area contributed by atoms with E-state index in [-0.39, 0.29) is 0 Å². The molecule has 0 aliphatic rings. The van der Waals surface area contributed by atoms with Crippen LogP contribution in [0.1, 0.15) is 0 Å². The Bertz CT molecular complexity index is 396. The van der Waals surface area contributed by atoms with Crippen molar-refractivity contribution in [3.05, 3.63) is 24.3 Å². The molecular weight excluding hydrogens is 147 g/mol. The number of hydrogen-bond acceptors (Lipinski definition) is 3. The van der Waals surface area contributed by atoms with Gasteiger partial charge < -0.3 is 10.2 Å². The molecule has 4 heteroatoms. The average molecular weight is 152 g/mol. The summed E-state index contributed by atoms with van der Waals surface area (Å²) in [6.07, 6.45) is -0.849. The first kappa shape index (κ1) is 6.15. The van der Waals surface area contributed by atoms with Crippen molar-refractivity contribution >= 4 is 16.8 Å². The standard InChI is InChI=1S/C7H5FN2O/c8-7-10-6-4(9)2-1-3-5(6)11-7/h1-3H,9H2. The van der Waals surface area contributed by atoms with Gasteiger partial charge in [-0.3, -0.25) is 0 Å². The zero-order valence-corrected chi connectivity index (χ0v) is 5.54. The van der Waals surface area contributed by atoms with Crippen molar-refractivity contribution in [1.82, 2.24) is 4.98 Å². The minimum Gasteiger partial charge on any atom is -0.415 e. The van der Waals surface area contributed by atoms with Gasteiger partial charge in [0.25, 0.3) is 0 Å². The molecule has 0 unspecified atom stereocenters. The first-order valence-electron chi connectivity index (χ1n) is 3.08. The number of rotatable bonds is 0. The summed E-state index contributed by atoms with van der Waals surface area (Å²) in [5, 5.41) is 0. The number of oxazole rings is 1. The maximum Gasteiger partial charge on any atom is 0.382 e. The Morgan fingerprint density at radius 1 is 1.45 bits per heavy atom. The molecule has 0 fully saturated rings. The normalized spacial score (nSPS) is 10.6. The lowest BCUT2D eigenvalue weighted by Gasteiger charge is -1.88. The Hall–Kier alpha value is -1.58. The summed E-state index contributed by atoms with van der Waals surface area (Å²) in [4.78, 5) is 3.45. The van der Waals surface area contributed by atoms with Crippen LogP contribution in [0.15, 0.2) is 22.6 Å². The molecule has 56 valence electrons. The summed E-state index contributed by atoms with van der Waals surface area (Å²) in [5.41, 5.74) is 6.66. The number of anilines is 1. The zero-order valence-electron chi connectivity index (χ0n) is 5.54. The van der Waals surface area contributed by atoms with Crippen LogP contribution in [0.25, 0.3) is 11.1 Å². The van der Waals surface area contributed by atoms with Gasteiger partial charge in [-0.25, -0.2) is 0 Å². The summed E-state index contributed by atoms with van der Waals surface area (Å²) in [6.45, 7) is 0. The molecule has 3 nitrogen and oxygen atoms in total. The summed E-state index contributed by atoms with van der Waals surface area (Å²) < 4.78 is 17.0. The number of nitrogen functional groups attached to an aromatic ring is 1. The van der Waals surface area contributed by atoms with Crippen molar-refractivity contribution in [2.45, 2.75) is 0 Å². The van der Waals surface area contributed by atoms with Crippen molar-refractivity contribution in [3.63, 3.8) is 0 Å². The SMILES string of the molecule is Nc1cccc2oc(F)nc12. The number of hydrogen-bond donors (Lipinski definition) is 1. The highest BCUT2D eigenvalue weighted by atomic mass is 19.1. The third-order valence-corrected chi connectivity index (χ3v) is 1.42. The lowest BCUT2D eigenvalue weighted by atomic mass is 10.3. The second-order valence-corrected chi connectivity index (χ2v) is 2.16. The Kier molecular flexibility index (Phi) is 1.09. The fourth-order valence-electron chi connectivity index (χ4n) is 0.943. The van der Waals surface area contributed by atoms with E-state index in [2.05, 4.69) is 9.40 Å². The van der Waals surface area contributed by atoms with E-state index in [0.717, 1.165) is 0 Å². The number of benzene rings is 1. The fourth-order valence-corrected chi connectivity index (χ4v) is 0.943. The third kappa shape index (κ3) is 0.832. The summed E-state index contributed by atoms with van der Waals surface area (Å²) in [6, 6.07) is 4.94. The molecule has 0 radical (unpaired) electrons. The van der Waals surface area contributed by atoms with E-state index in [1.165, 1.54) is 0 Å². The first-order valence-corrected chi connectivity index (χ1v) is 3.08. The second-order valence-electron chi connectivity index (χ2n) is 2.16. The van der Waals surface area contributed by atoms with Crippen molar-refractivity contribution < 1.29 is 8.81 Å². The third-order valence-electron chi connectivity index (χ3n) is 1.42. The predicted molar refractivity (Wildman–Crippen MR) is 38.4 cm³/mol. The monoisotopic (exact) mass is 152 g/mol. The largest absolute Gasteiger partial charge is 0.415 e. The zero-order chi connectivity index (χ0) is 7.84. The van der Waals surface area contributed by atoms with E-state index in [1.54, 1.807) is 18.2 Å². The minimum absolute atomic E-state index is 0.377. The number of halogens is 1. The van der Waals surface area contributed by atoms with Crippen molar-refractivity contribution in [2.75, 3.05) is 5.73 Å². The molecule has 0 amide bonds. The van der Waals surface area contributed by atoms with E-state index in [0.29, 0.717) is 16.8 Å². The molecule has 0 aliphatic heterocycles.